The van der Waals surface area contributed by atoms with Gasteiger partial charge in [0, 0.05) is 6.54 Å². The van der Waals surface area contributed by atoms with Gasteiger partial charge in [-0.25, -0.2) is 4.98 Å². The molecule has 1 fully saturated rings. The third-order valence-corrected chi connectivity index (χ3v) is 4.25. The number of fused-ring (bicyclic) bond motifs is 1. The number of hydrogen-bond acceptors (Lipinski definition) is 5. The zero-order chi connectivity index (χ0) is 15.0. The average molecular weight is 298 g/mol. The predicted molar refractivity (Wildman–Crippen MR) is 80.9 cm³/mol. The highest BCUT2D eigenvalue weighted by atomic mass is 16.3. The zero-order valence-corrected chi connectivity index (χ0v) is 12.2. The minimum Gasteiger partial charge on any atom is -0.382 e. The number of nitrogens with one attached hydrogen (secondary N) is 2. The fourth-order valence-corrected chi connectivity index (χ4v) is 3.19. The molecule has 7 nitrogen and oxygen atoms in total. The quantitative estimate of drug-likeness (QED) is 0.675. The molecule has 2 aromatic heterocycles. The normalized spacial score (nSPS) is 23.1. The van der Waals surface area contributed by atoms with Crippen molar-refractivity contribution in [1.29, 1.82) is 0 Å². The van der Waals surface area contributed by atoms with E-state index >= 15 is 0 Å². The molecule has 1 saturated heterocycles. The lowest BCUT2D eigenvalue weighted by molar-refractivity contribution is -0.0419. The summed E-state index contributed by atoms with van der Waals surface area (Å²) in [4.78, 5) is 10.1. The molecule has 0 bridgehead atoms. The summed E-state index contributed by atoms with van der Waals surface area (Å²) in [7, 11) is 0. The van der Waals surface area contributed by atoms with Crippen LogP contribution in [0.4, 0.5) is 0 Å². The fraction of sp³-hybridized carbons (Fsp3) is 0.400. The largest absolute Gasteiger partial charge is 0.382 e. The molecule has 0 aliphatic carbocycles. The van der Waals surface area contributed by atoms with Crippen molar-refractivity contribution in [2.45, 2.75) is 25.0 Å². The van der Waals surface area contributed by atoms with Gasteiger partial charge in [-0.1, -0.05) is 12.1 Å². The van der Waals surface area contributed by atoms with Crippen LogP contribution in [0.1, 0.15) is 24.4 Å². The molecule has 4 rings (SSSR count). The summed E-state index contributed by atoms with van der Waals surface area (Å²) in [5.41, 5.74) is 1.70. The molecule has 1 aromatic carbocycles. The first-order valence-electron chi connectivity index (χ1n) is 7.48. The minimum atomic E-state index is -0.933. The standard InChI is InChI=1S/C15H18N6O/c22-15(13-8-16-20-19-13)6-3-7-21(10-15)9-14-17-11-4-1-2-5-12(11)18-14/h1-2,4-5,8,22H,3,6-7,9-10H2,(H,17,18)(H,16,19,20)/t15-/m0/s1. The highest BCUT2D eigenvalue weighted by Crippen LogP contribution is 2.30. The summed E-state index contributed by atoms with van der Waals surface area (Å²) in [6.07, 6.45) is 3.23. The Morgan fingerprint density at radius 3 is 3.05 bits per heavy atom. The van der Waals surface area contributed by atoms with Gasteiger partial charge in [0.1, 0.15) is 17.1 Å². The number of rotatable bonds is 3. The van der Waals surface area contributed by atoms with Crippen molar-refractivity contribution in [2.75, 3.05) is 13.1 Å². The maximum absolute atomic E-state index is 10.8. The maximum atomic E-state index is 10.8. The number of nitrogens with zero attached hydrogens (tertiary/aromatic N) is 4. The highest BCUT2D eigenvalue weighted by Gasteiger charge is 2.37. The van der Waals surface area contributed by atoms with E-state index in [1.807, 2.05) is 24.3 Å². The average Bonchev–Trinajstić information content (AvgIpc) is 3.16. The van der Waals surface area contributed by atoms with E-state index in [2.05, 4.69) is 30.3 Å². The number of hydrogen-bond donors (Lipinski definition) is 3. The lowest BCUT2D eigenvalue weighted by atomic mass is 9.90. The molecule has 1 aliphatic rings. The van der Waals surface area contributed by atoms with Crippen molar-refractivity contribution in [1.82, 2.24) is 30.3 Å². The van der Waals surface area contributed by atoms with Gasteiger partial charge in [-0.15, -0.1) is 0 Å². The van der Waals surface area contributed by atoms with Crippen LogP contribution in [0.15, 0.2) is 30.5 Å². The molecule has 7 heteroatoms. The van der Waals surface area contributed by atoms with Crippen LogP contribution in [0.2, 0.25) is 0 Å². The Hall–Kier alpha value is -2.25. The third-order valence-electron chi connectivity index (χ3n) is 4.25. The molecule has 3 heterocycles. The molecule has 3 aromatic rings. The number of aliphatic hydroxyl groups is 1. The summed E-state index contributed by atoms with van der Waals surface area (Å²) in [6, 6.07) is 8.00. The molecule has 0 spiro atoms. The Balaban J connectivity index is 1.53. The summed E-state index contributed by atoms with van der Waals surface area (Å²) in [5.74, 6) is 0.922. The van der Waals surface area contributed by atoms with E-state index in [1.165, 1.54) is 0 Å². The molecule has 0 amide bonds. The van der Waals surface area contributed by atoms with E-state index in [-0.39, 0.29) is 0 Å². The second-order valence-corrected chi connectivity index (χ2v) is 5.90. The Labute approximate surface area is 127 Å². The van der Waals surface area contributed by atoms with Gasteiger partial charge in [0.15, 0.2) is 0 Å². The van der Waals surface area contributed by atoms with Crippen LogP contribution in [0.3, 0.4) is 0 Å². The van der Waals surface area contributed by atoms with E-state index in [1.54, 1.807) is 6.20 Å². The maximum Gasteiger partial charge on any atom is 0.123 e. The number of likely N-dealkylation sites (tertiary alicyclic amines) is 1. The number of aromatic amines is 2. The lowest BCUT2D eigenvalue weighted by Gasteiger charge is -2.37. The molecule has 0 unspecified atom stereocenters. The Kier molecular flexibility index (Phi) is 3.16. The first-order valence-corrected chi connectivity index (χ1v) is 7.48. The highest BCUT2D eigenvalue weighted by molar-refractivity contribution is 5.74. The monoisotopic (exact) mass is 298 g/mol. The van der Waals surface area contributed by atoms with Crippen molar-refractivity contribution in [3.05, 3.63) is 42.0 Å². The lowest BCUT2D eigenvalue weighted by Crippen LogP contribution is -2.46. The van der Waals surface area contributed by atoms with Crippen LogP contribution in [-0.4, -0.2) is 48.5 Å². The first kappa shape index (κ1) is 13.4. The summed E-state index contributed by atoms with van der Waals surface area (Å²) >= 11 is 0. The SMILES string of the molecule is O[C@@]1(c2cn[nH]n2)CCCN(Cc2nc3ccccc3[nH]2)C1. The van der Waals surface area contributed by atoms with E-state index in [4.69, 9.17) is 0 Å². The van der Waals surface area contributed by atoms with Gasteiger partial charge >= 0.3 is 0 Å². The predicted octanol–water partition coefficient (Wildman–Crippen LogP) is 1.16. The molecule has 1 aliphatic heterocycles. The number of para-hydroxylation sites is 2. The number of H-pyrrole nitrogens is 2. The number of piperidine rings is 1. The van der Waals surface area contributed by atoms with E-state index in [0.29, 0.717) is 25.2 Å². The fourth-order valence-electron chi connectivity index (χ4n) is 3.19. The smallest absolute Gasteiger partial charge is 0.123 e. The van der Waals surface area contributed by atoms with Crippen molar-refractivity contribution in [3.8, 4) is 0 Å². The number of β-amino-alcohol motifs (C(OH)–C–C–N with tert-alkyl or cyclic N) is 1. The van der Waals surface area contributed by atoms with Crippen molar-refractivity contribution < 1.29 is 5.11 Å². The van der Waals surface area contributed by atoms with Gasteiger partial charge in [-0.2, -0.15) is 15.4 Å². The van der Waals surface area contributed by atoms with E-state index in [9.17, 15) is 5.11 Å². The van der Waals surface area contributed by atoms with Crippen LogP contribution >= 0.6 is 0 Å². The Bertz CT molecular complexity index is 734. The number of aromatic nitrogens is 5. The van der Waals surface area contributed by atoms with Crippen molar-refractivity contribution in [3.63, 3.8) is 0 Å². The summed E-state index contributed by atoms with van der Waals surface area (Å²) in [5, 5.41) is 21.3. The van der Waals surface area contributed by atoms with Gasteiger partial charge in [0.25, 0.3) is 0 Å². The van der Waals surface area contributed by atoms with Crippen LogP contribution in [0, 0.1) is 0 Å². The minimum absolute atomic E-state index is 0.538. The molecule has 114 valence electrons. The van der Waals surface area contributed by atoms with Crippen LogP contribution in [0.25, 0.3) is 11.0 Å². The van der Waals surface area contributed by atoms with Gasteiger partial charge < -0.3 is 10.1 Å². The second kappa shape index (κ2) is 5.19. The molecule has 1 atom stereocenters. The Morgan fingerprint density at radius 1 is 1.32 bits per heavy atom. The van der Waals surface area contributed by atoms with Crippen LogP contribution in [0.5, 0.6) is 0 Å². The number of benzene rings is 1. The van der Waals surface area contributed by atoms with Crippen molar-refractivity contribution in [2.24, 2.45) is 0 Å². The Morgan fingerprint density at radius 2 is 2.23 bits per heavy atom. The molecular formula is C15H18N6O. The summed E-state index contributed by atoms with van der Waals surface area (Å²) in [6.45, 7) is 2.17. The first-order chi connectivity index (χ1) is 10.7. The topological polar surface area (TPSA) is 93.7 Å². The van der Waals surface area contributed by atoms with E-state index in [0.717, 1.165) is 29.8 Å². The zero-order valence-electron chi connectivity index (χ0n) is 12.2. The van der Waals surface area contributed by atoms with Gasteiger partial charge in [0.2, 0.25) is 0 Å². The van der Waals surface area contributed by atoms with Crippen LogP contribution < -0.4 is 0 Å². The molecule has 3 N–H and O–H groups in total. The van der Waals surface area contributed by atoms with Crippen molar-refractivity contribution >= 4 is 11.0 Å². The molecular weight excluding hydrogens is 280 g/mol. The van der Waals surface area contributed by atoms with Gasteiger partial charge in [-0.05, 0) is 31.5 Å². The molecule has 0 saturated carbocycles. The van der Waals surface area contributed by atoms with Gasteiger partial charge in [-0.3, -0.25) is 4.90 Å². The van der Waals surface area contributed by atoms with Gasteiger partial charge in [0.05, 0.1) is 23.8 Å². The molecule has 22 heavy (non-hydrogen) atoms. The number of imidazole rings is 1. The second-order valence-electron chi connectivity index (χ2n) is 5.90. The van der Waals surface area contributed by atoms with E-state index < -0.39 is 5.60 Å². The molecule has 0 radical (unpaired) electrons. The third kappa shape index (κ3) is 2.38. The summed E-state index contributed by atoms with van der Waals surface area (Å²) < 4.78 is 0. The van der Waals surface area contributed by atoms with Crippen LogP contribution in [-0.2, 0) is 12.1 Å².